The van der Waals surface area contributed by atoms with E-state index in [1.807, 2.05) is 30.3 Å². The molecule has 1 unspecified atom stereocenters. The van der Waals surface area contributed by atoms with E-state index >= 15 is 0 Å². The van der Waals surface area contributed by atoms with Gasteiger partial charge in [-0.1, -0.05) is 30.3 Å². The van der Waals surface area contributed by atoms with Crippen LogP contribution in [0.25, 0.3) is 0 Å². The number of fused-ring (bicyclic) bond motifs is 1. The maximum absolute atomic E-state index is 12.1. The molecule has 1 aliphatic heterocycles. The second kappa shape index (κ2) is 4.46. The Bertz CT molecular complexity index is 674. The van der Waals surface area contributed by atoms with Crippen molar-refractivity contribution >= 4 is 17.3 Å². The highest BCUT2D eigenvalue weighted by atomic mass is 16.2. The first-order valence-corrected chi connectivity index (χ1v) is 5.94. The molecule has 1 amide bonds. The quantitative estimate of drug-likeness (QED) is 0.816. The monoisotopic (exact) mass is 249 g/mol. The Morgan fingerprint density at radius 2 is 1.84 bits per heavy atom. The number of amides is 1. The van der Waals surface area contributed by atoms with E-state index in [-0.39, 0.29) is 5.91 Å². The Morgan fingerprint density at radius 1 is 1.05 bits per heavy atom. The molecule has 0 aliphatic carbocycles. The van der Waals surface area contributed by atoms with E-state index in [9.17, 15) is 4.79 Å². The highest BCUT2D eigenvalue weighted by Crippen LogP contribution is 2.32. The zero-order valence-electron chi connectivity index (χ0n) is 10.1. The molecule has 92 valence electrons. The Hall–Kier alpha value is -2.80. The van der Waals surface area contributed by atoms with Crippen LogP contribution in [0.3, 0.4) is 0 Å². The third kappa shape index (κ3) is 2.02. The van der Waals surface area contributed by atoms with Gasteiger partial charge in [0, 0.05) is 0 Å². The molecular formula is C15H11N3O. The summed E-state index contributed by atoms with van der Waals surface area (Å²) in [6, 6.07) is 16.3. The number of anilines is 2. The first-order valence-electron chi connectivity index (χ1n) is 5.94. The van der Waals surface area contributed by atoms with Crippen LogP contribution in [0.1, 0.15) is 17.2 Å². The van der Waals surface area contributed by atoms with Crippen LogP contribution < -0.4 is 10.6 Å². The van der Waals surface area contributed by atoms with Gasteiger partial charge < -0.3 is 10.6 Å². The van der Waals surface area contributed by atoms with Gasteiger partial charge in [-0.05, 0) is 23.8 Å². The number of nitriles is 1. The fraction of sp³-hybridized carbons (Fsp3) is 0.0667. The Labute approximate surface area is 110 Å². The lowest BCUT2D eigenvalue weighted by Gasteiger charge is -2.27. The minimum Gasteiger partial charge on any atom is -0.368 e. The molecule has 2 aromatic carbocycles. The SMILES string of the molecule is N#Cc1ccc2c(c1)NC(c1ccccc1)C(=O)N2. The third-order valence-electron chi connectivity index (χ3n) is 3.10. The van der Waals surface area contributed by atoms with E-state index < -0.39 is 6.04 Å². The van der Waals surface area contributed by atoms with E-state index in [2.05, 4.69) is 16.7 Å². The number of carbonyl (C=O) groups excluding carboxylic acids is 1. The van der Waals surface area contributed by atoms with Gasteiger partial charge in [-0.25, -0.2) is 0 Å². The summed E-state index contributed by atoms with van der Waals surface area (Å²) in [5, 5.41) is 14.9. The number of benzene rings is 2. The molecule has 2 aromatic rings. The summed E-state index contributed by atoms with van der Waals surface area (Å²) in [7, 11) is 0. The molecule has 0 saturated carbocycles. The molecule has 0 bridgehead atoms. The molecule has 0 aromatic heterocycles. The molecule has 3 rings (SSSR count). The van der Waals surface area contributed by atoms with E-state index in [0.717, 1.165) is 11.3 Å². The van der Waals surface area contributed by atoms with Crippen molar-refractivity contribution in [2.45, 2.75) is 6.04 Å². The van der Waals surface area contributed by atoms with Gasteiger partial charge in [0.25, 0.3) is 5.91 Å². The minimum absolute atomic E-state index is 0.0941. The van der Waals surface area contributed by atoms with Crippen molar-refractivity contribution in [2.75, 3.05) is 10.6 Å². The first-order chi connectivity index (χ1) is 9.28. The van der Waals surface area contributed by atoms with Crippen molar-refractivity contribution in [1.82, 2.24) is 0 Å². The average molecular weight is 249 g/mol. The number of nitrogens with one attached hydrogen (secondary N) is 2. The van der Waals surface area contributed by atoms with Crippen molar-refractivity contribution in [3.8, 4) is 6.07 Å². The van der Waals surface area contributed by atoms with Gasteiger partial charge in [0.1, 0.15) is 6.04 Å². The van der Waals surface area contributed by atoms with Crippen molar-refractivity contribution in [3.05, 3.63) is 59.7 Å². The molecule has 2 N–H and O–H groups in total. The summed E-state index contributed by atoms with van der Waals surface area (Å²) >= 11 is 0. The highest BCUT2D eigenvalue weighted by molar-refractivity contribution is 6.03. The summed E-state index contributed by atoms with van der Waals surface area (Å²) < 4.78 is 0. The molecule has 1 atom stereocenters. The third-order valence-corrected chi connectivity index (χ3v) is 3.10. The fourth-order valence-electron chi connectivity index (χ4n) is 2.15. The van der Waals surface area contributed by atoms with Crippen LogP contribution in [-0.4, -0.2) is 5.91 Å². The predicted molar refractivity (Wildman–Crippen MR) is 72.6 cm³/mol. The van der Waals surface area contributed by atoms with Crippen LogP contribution in [0, 0.1) is 11.3 Å². The smallest absolute Gasteiger partial charge is 0.251 e. The Balaban J connectivity index is 1.99. The van der Waals surface area contributed by atoms with Crippen LogP contribution >= 0.6 is 0 Å². The number of carbonyl (C=O) groups is 1. The van der Waals surface area contributed by atoms with Gasteiger partial charge in [-0.15, -0.1) is 0 Å². The normalized spacial score (nSPS) is 16.8. The number of nitrogens with zero attached hydrogens (tertiary/aromatic N) is 1. The van der Waals surface area contributed by atoms with Crippen LogP contribution in [0.4, 0.5) is 11.4 Å². The summed E-state index contributed by atoms with van der Waals surface area (Å²) in [6.45, 7) is 0. The molecule has 19 heavy (non-hydrogen) atoms. The van der Waals surface area contributed by atoms with Crippen molar-refractivity contribution in [1.29, 1.82) is 5.26 Å². The molecule has 0 saturated heterocycles. The number of rotatable bonds is 1. The van der Waals surface area contributed by atoms with E-state index in [4.69, 9.17) is 5.26 Å². The summed E-state index contributed by atoms with van der Waals surface area (Å²) in [5.74, 6) is -0.0941. The van der Waals surface area contributed by atoms with Gasteiger partial charge in [0.2, 0.25) is 0 Å². The second-order valence-electron chi connectivity index (χ2n) is 4.35. The largest absolute Gasteiger partial charge is 0.368 e. The maximum Gasteiger partial charge on any atom is 0.251 e. The van der Waals surface area contributed by atoms with E-state index in [1.165, 1.54) is 0 Å². The summed E-state index contributed by atoms with van der Waals surface area (Å²) in [6.07, 6.45) is 0. The van der Waals surface area contributed by atoms with E-state index in [1.54, 1.807) is 18.2 Å². The van der Waals surface area contributed by atoms with Gasteiger partial charge in [-0.3, -0.25) is 4.79 Å². The molecule has 0 spiro atoms. The first kappa shape index (κ1) is 11.3. The lowest BCUT2D eigenvalue weighted by Crippen LogP contribution is -2.31. The maximum atomic E-state index is 12.1. The predicted octanol–water partition coefficient (Wildman–Crippen LogP) is 2.66. The lowest BCUT2D eigenvalue weighted by atomic mass is 10.0. The molecular weight excluding hydrogens is 238 g/mol. The molecule has 0 fully saturated rings. The zero-order valence-corrected chi connectivity index (χ0v) is 10.1. The standard InChI is InChI=1S/C15H11N3O/c16-9-10-6-7-12-13(8-10)17-14(15(19)18-12)11-4-2-1-3-5-11/h1-8,14,17H,(H,18,19). The van der Waals surface area contributed by atoms with Crippen molar-refractivity contribution < 1.29 is 4.79 Å². The van der Waals surface area contributed by atoms with E-state index in [0.29, 0.717) is 11.3 Å². The van der Waals surface area contributed by atoms with Gasteiger partial charge in [0.15, 0.2) is 0 Å². The van der Waals surface area contributed by atoms with Gasteiger partial charge >= 0.3 is 0 Å². The van der Waals surface area contributed by atoms with Crippen LogP contribution in [0.2, 0.25) is 0 Å². The number of hydrogen-bond donors (Lipinski definition) is 2. The zero-order chi connectivity index (χ0) is 13.2. The number of hydrogen-bond acceptors (Lipinski definition) is 3. The highest BCUT2D eigenvalue weighted by Gasteiger charge is 2.26. The fourth-order valence-corrected chi connectivity index (χ4v) is 2.15. The second-order valence-corrected chi connectivity index (χ2v) is 4.35. The molecule has 0 radical (unpaired) electrons. The average Bonchev–Trinajstić information content (AvgIpc) is 2.47. The topological polar surface area (TPSA) is 64.9 Å². The van der Waals surface area contributed by atoms with Gasteiger partial charge in [-0.2, -0.15) is 5.26 Å². The Morgan fingerprint density at radius 3 is 2.58 bits per heavy atom. The molecule has 4 heteroatoms. The summed E-state index contributed by atoms with van der Waals surface area (Å²) in [4.78, 5) is 12.1. The van der Waals surface area contributed by atoms with Gasteiger partial charge in [0.05, 0.1) is 23.0 Å². The summed E-state index contributed by atoms with van der Waals surface area (Å²) in [5.41, 5.74) is 2.94. The van der Waals surface area contributed by atoms with Crippen LogP contribution in [0.5, 0.6) is 0 Å². The molecule has 4 nitrogen and oxygen atoms in total. The molecule has 1 aliphatic rings. The Kier molecular flexibility index (Phi) is 2.66. The lowest BCUT2D eigenvalue weighted by molar-refractivity contribution is -0.117. The minimum atomic E-state index is -0.428. The van der Waals surface area contributed by atoms with Crippen molar-refractivity contribution in [3.63, 3.8) is 0 Å². The van der Waals surface area contributed by atoms with Crippen molar-refractivity contribution in [2.24, 2.45) is 0 Å². The van der Waals surface area contributed by atoms with Crippen LogP contribution in [-0.2, 0) is 4.79 Å². The van der Waals surface area contributed by atoms with Crippen LogP contribution in [0.15, 0.2) is 48.5 Å². The molecule has 1 heterocycles.